The molecule has 8 nitrogen and oxygen atoms in total. The van der Waals surface area contributed by atoms with Crippen molar-refractivity contribution >= 4 is 23.8 Å². The zero-order chi connectivity index (χ0) is 20.8. The van der Waals surface area contributed by atoms with E-state index in [1.807, 2.05) is 0 Å². The number of carbonyl (C=O) groups excluding carboxylic acids is 1. The lowest BCUT2D eigenvalue weighted by Crippen LogP contribution is -2.23. The van der Waals surface area contributed by atoms with Crippen molar-refractivity contribution in [1.82, 2.24) is 15.2 Å². The molecule has 3 aromatic rings. The van der Waals surface area contributed by atoms with Crippen LogP contribution in [0.4, 0.5) is 0 Å². The van der Waals surface area contributed by atoms with Gasteiger partial charge < -0.3 is 24.1 Å². The Labute approximate surface area is 171 Å². The third-order valence-electron chi connectivity index (χ3n) is 3.91. The Morgan fingerprint density at radius 3 is 2.17 bits per heavy atom. The van der Waals surface area contributed by atoms with Gasteiger partial charge in [-0.3, -0.25) is 5.10 Å². The molecule has 0 aliphatic rings. The van der Waals surface area contributed by atoms with E-state index >= 15 is 0 Å². The van der Waals surface area contributed by atoms with Crippen LogP contribution in [0.25, 0.3) is 17.5 Å². The quantitative estimate of drug-likeness (QED) is 0.444. The van der Waals surface area contributed by atoms with Crippen LogP contribution in [-0.4, -0.2) is 42.5 Å². The number of aromatic amines is 1. The first kappa shape index (κ1) is 20.3. The van der Waals surface area contributed by atoms with Crippen molar-refractivity contribution in [1.29, 1.82) is 0 Å². The van der Waals surface area contributed by atoms with E-state index in [1.54, 1.807) is 63.8 Å². The van der Waals surface area contributed by atoms with E-state index in [9.17, 15) is 9.90 Å². The number of thioether (sulfide) groups is 1. The van der Waals surface area contributed by atoms with Gasteiger partial charge in [0.1, 0.15) is 17.2 Å². The summed E-state index contributed by atoms with van der Waals surface area (Å²) in [7, 11) is 4.67. The average molecular weight is 412 g/mol. The summed E-state index contributed by atoms with van der Waals surface area (Å²) in [5.74, 6) is 1.00. The molecular weight excluding hydrogens is 394 g/mol. The highest BCUT2D eigenvalue weighted by atomic mass is 32.2. The molecule has 3 rings (SSSR count). The number of aromatic nitrogens is 3. The predicted octanol–water partition coefficient (Wildman–Crippen LogP) is 2.38. The highest BCUT2D eigenvalue weighted by Gasteiger charge is 2.12. The number of carboxylic acid groups (broad SMARTS) is 1. The lowest BCUT2D eigenvalue weighted by Gasteiger charge is -2.07. The lowest BCUT2D eigenvalue weighted by atomic mass is 10.2. The topological polar surface area (TPSA) is 109 Å². The first-order valence-electron chi connectivity index (χ1n) is 8.43. The van der Waals surface area contributed by atoms with Crippen LogP contribution in [-0.2, 0) is 4.79 Å². The van der Waals surface area contributed by atoms with E-state index in [1.165, 1.54) is 6.08 Å². The molecule has 0 amide bonds. The Hall–Kier alpha value is -3.46. The van der Waals surface area contributed by atoms with Gasteiger partial charge in [-0.1, -0.05) is 12.1 Å². The molecule has 0 spiro atoms. The summed E-state index contributed by atoms with van der Waals surface area (Å²) in [4.78, 5) is 15.9. The van der Waals surface area contributed by atoms with E-state index < -0.39 is 5.97 Å². The fraction of sp³-hybridized carbons (Fsp3) is 0.150. The number of aliphatic carboxylic acids is 1. The van der Waals surface area contributed by atoms with Gasteiger partial charge in [0.05, 0.1) is 27.3 Å². The summed E-state index contributed by atoms with van der Waals surface area (Å²) in [5.41, 5.74) is 1.38. The Bertz CT molecular complexity index is 1010. The zero-order valence-electron chi connectivity index (χ0n) is 16.0. The second-order valence-electron chi connectivity index (χ2n) is 5.74. The van der Waals surface area contributed by atoms with Crippen molar-refractivity contribution < 1.29 is 24.1 Å². The van der Waals surface area contributed by atoms with E-state index in [0.717, 1.165) is 11.8 Å². The fourth-order valence-corrected chi connectivity index (χ4v) is 3.15. The average Bonchev–Trinajstić information content (AvgIpc) is 3.22. The van der Waals surface area contributed by atoms with E-state index in [4.69, 9.17) is 14.2 Å². The molecule has 0 saturated heterocycles. The van der Waals surface area contributed by atoms with E-state index in [2.05, 4.69) is 15.2 Å². The number of nitrogens with zero attached hydrogens (tertiary/aromatic N) is 2. The number of carboxylic acids is 1. The summed E-state index contributed by atoms with van der Waals surface area (Å²) in [6.07, 6.45) is 1.49. The smallest absolute Gasteiger partial charge is 0.213 e. The largest absolute Gasteiger partial charge is 0.544 e. The molecule has 1 aromatic heterocycles. The number of carbonyl (C=O) groups is 1. The van der Waals surface area contributed by atoms with Gasteiger partial charge in [-0.05, 0) is 47.7 Å². The third kappa shape index (κ3) is 5.08. The normalized spacial score (nSPS) is 11.2. The summed E-state index contributed by atoms with van der Waals surface area (Å²) in [6, 6.07) is 12.2. The molecule has 1 heterocycles. The number of methoxy groups -OCH3 is 3. The second-order valence-corrected chi connectivity index (χ2v) is 6.75. The number of rotatable bonds is 8. The SMILES string of the molecule is COc1ccc(/C=C(/Sc2n[nH]c(-c3cc(OC)cc(OC)c3)n2)C(=O)[O-])cc1. The van der Waals surface area contributed by atoms with Crippen molar-refractivity contribution in [3.63, 3.8) is 0 Å². The molecule has 29 heavy (non-hydrogen) atoms. The van der Waals surface area contributed by atoms with Crippen molar-refractivity contribution in [2.24, 2.45) is 0 Å². The minimum atomic E-state index is -1.32. The van der Waals surface area contributed by atoms with Crippen LogP contribution in [0.15, 0.2) is 52.5 Å². The minimum Gasteiger partial charge on any atom is -0.544 e. The standard InChI is InChI=1S/C20H19N3O5S/c1-26-14-6-4-12(5-7-14)8-17(19(24)25)29-20-21-18(22-23-20)13-9-15(27-2)11-16(10-13)28-3/h4-11H,1-3H3,(H,24,25)(H,21,22,23)/p-1/b17-8+. The van der Waals surface area contributed by atoms with Crippen LogP contribution in [0.2, 0.25) is 0 Å². The highest BCUT2D eigenvalue weighted by molar-refractivity contribution is 8.04. The number of ether oxygens (including phenoxy) is 3. The van der Waals surface area contributed by atoms with Gasteiger partial charge in [0.25, 0.3) is 0 Å². The first-order valence-corrected chi connectivity index (χ1v) is 9.25. The van der Waals surface area contributed by atoms with Gasteiger partial charge in [-0.25, -0.2) is 4.98 Å². The zero-order valence-corrected chi connectivity index (χ0v) is 16.8. The molecule has 0 aliphatic heterocycles. The molecule has 0 aliphatic carbocycles. The monoisotopic (exact) mass is 412 g/mol. The van der Waals surface area contributed by atoms with Crippen LogP contribution >= 0.6 is 11.8 Å². The summed E-state index contributed by atoms with van der Waals surface area (Å²) >= 11 is 0.889. The van der Waals surface area contributed by atoms with Gasteiger partial charge in [0.2, 0.25) is 5.16 Å². The lowest BCUT2D eigenvalue weighted by molar-refractivity contribution is -0.297. The van der Waals surface area contributed by atoms with Crippen LogP contribution in [0, 0.1) is 0 Å². The van der Waals surface area contributed by atoms with Gasteiger partial charge in [0, 0.05) is 16.5 Å². The van der Waals surface area contributed by atoms with Crippen LogP contribution in [0.1, 0.15) is 5.56 Å². The molecule has 150 valence electrons. The van der Waals surface area contributed by atoms with Gasteiger partial charge in [-0.2, -0.15) is 0 Å². The number of nitrogens with one attached hydrogen (secondary N) is 1. The maximum Gasteiger partial charge on any atom is 0.213 e. The molecule has 1 N–H and O–H groups in total. The maximum absolute atomic E-state index is 11.6. The van der Waals surface area contributed by atoms with Gasteiger partial charge >= 0.3 is 0 Å². The number of benzene rings is 2. The molecule has 0 radical (unpaired) electrons. The maximum atomic E-state index is 11.6. The summed E-state index contributed by atoms with van der Waals surface area (Å²) in [5, 5.41) is 18.7. The molecule has 0 atom stereocenters. The molecular formula is C20H18N3O5S-. The van der Waals surface area contributed by atoms with E-state index in [0.29, 0.717) is 34.2 Å². The highest BCUT2D eigenvalue weighted by Crippen LogP contribution is 2.30. The molecule has 2 aromatic carbocycles. The molecule has 0 bridgehead atoms. The van der Waals surface area contributed by atoms with Crippen LogP contribution < -0.4 is 19.3 Å². The molecule has 0 unspecified atom stereocenters. The Kier molecular flexibility index (Phi) is 6.40. The van der Waals surface area contributed by atoms with Crippen molar-refractivity contribution in [3.05, 3.63) is 52.9 Å². The van der Waals surface area contributed by atoms with Crippen molar-refractivity contribution in [2.45, 2.75) is 5.16 Å². The fourth-order valence-electron chi connectivity index (χ4n) is 2.45. The molecule has 9 heteroatoms. The van der Waals surface area contributed by atoms with E-state index in [-0.39, 0.29) is 10.1 Å². The molecule has 0 saturated carbocycles. The second kappa shape index (κ2) is 9.16. The third-order valence-corrected chi connectivity index (χ3v) is 4.78. The Morgan fingerprint density at radius 1 is 1.00 bits per heavy atom. The summed E-state index contributed by atoms with van der Waals surface area (Å²) < 4.78 is 15.6. The molecule has 0 fully saturated rings. The van der Waals surface area contributed by atoms with Crippen LogP contribution in [0.5, 0.6) is 17.2 Å². The Balaban J connectivity index is 1.85. The number of H-pyrrole nitrogens is 1. The van der Waals surface area contributed by atoms with Gasteiger partial charge in [-0.15, -0.1) is 5.10 Å². The van der Waals surface area contributed by atoms with Crippen molar-refractivity contribution in [3.8, 4) is 28.6 Å². The Morgan fingerprint density at radius 2 is 1.62 bits per heavy atom. The predicted molar refractivity (Wildman–Crippen MR) is 107 cm³/mol. The van der Waals surface area contributed by atoms with Gasteiger partial charge in [0.15, 0.2) is 5.82 Å². The first-order chi connectivity index (χ1) is 14.0. The summed E-state index contributed by atoms with van der Waals surface area (Å²) in [6.45, 7) is 0. The minimum absolute atomic E-state index is 0.0241. The number of hydrogen-bond acceptors (Lipinski definition) is 8. The number of hydrogen-bond donors (Lipinski definition) is 1. The van der Waals surface area contributed by atoms with Crippen molar-refractivity contribution in [2.75, 3.05) is 21.3 Å². The van der Waals surface area contributed by atoms with Crippen LogP contribution in [0.3, 0.4) is 0 Å².